The number of rotatable bonds is 7. The summed E-state index contributed by atoms with van der Waals surface area (Å²) in [5.74, 6) is -1.49. The van der Waals surface area contributed by atoms with Gasteiger partial charge in [-0.3, -0.25) is 4.79 Å². The molecule has 0 unspecified atom stereocenters. The minimum atomic E-state index is -0.817. The third kappa shape index (κ3) is 5.41. The molecule has 0 saturated carbocycles. The van der Waals surface area contributed by atoms with Gasteiger partial charge in [-0.1, -0.05) is 0 Å². The Morgan fingerprint density at radius 3 is 2.21 bits per heavy atom. The third-order valence-corrected chi connectivity index (χ3v) is 3.52. The molecule has 0 aliphatic heterocycles. The highest BCUT2D eigenvalue weighted by Gasteiger charge is 2.15. The summed E-state index contributed by atoms with van der Waals surface area (Å²) in [5.41, 5.74) is 0.376. The van der Waals surface area contributed by atoms with Gasteiger partial charge in [0.2, 0.25) is 5.76 Å². The molecule has 0 saturated heterocycles. The molecule has 0 radical (unpaired) electrons. The topological polar surface area (TPSA) is 77.8 Å². The Balaban J connectivity index is 1.46. The summed E-state index contributed by atoms with van der Waals surface area (Å²) >= 11 is 0. The minimum Gasteiger partial charge on any atom is -0.486 e. The molecule has 0 spiro atoms. The van der Waals surface area contributed by atoms with Crippen LogP contribution in [-0.2, 0) is 16.1 Å². The standard InChI is InChI=1S/C20H15F2NO5/c21-13-1-5-15(6-2-13)23-19(24)12-27-20(25)18-10-9-17(28-18)11-26-16-7-3-14(22)4-8-16/h1-10H,11-12H2,(H,23,24). The van der Waals surface area contributed by atoms with Crippen molar-refractivity contribution in [1.29, 1.82) is 0 Å². The molecule has 2 aromatic carbocycles. The van der Waals surface area contributed by atoms with E-state index in [1.165, 1.54) is 60.7 Å². The Labute approximate surface area is 158 Å². The van der Waals surface area contributed by atoms with Gasteiger partial charge in [0, 0.05) is 5.69 Å². The van der Waals surface area contributed by atoms with Gasteiger partial charge >= 0.3 is 5.97 Å². The fourth-order valence-corrected chi connectivity index (χ4v) is 2.18. The Bertz CT molecular complexity index is 951. The number of ether oxygens (including phenoxy) is 2. The number of carbonyl (C=O) groups excluding carboxylic acids is 2. The van der Waals surface area contributed by atoms with Crippen LogP contribution in [0.5, 0.6) is 5.75 Å². The summed E-state index contributed by atoms with van der Waals surface area (Å²) < 4.78 is 41.3. The number of carbonyl (C=O) groups is 2. The maximum absolute atomic E-state index is 12.8. The van der Waals surface area contributed by atoms with Crippen molar-refractivity contribution in [2.75, 3.05) is 11.9 Å². The lowest BCUT2D eigenvalue weighted by Gasteiger charge is -2.06. The van der Waals surface area contributed by atoms with Gasteiger partial charge in [-0.05, 0) is 60.7 Å². The fraction of sp³-hybridized carbons (Fsp3) is 0.100. The van der Waals surface area contributed by atoms with Crippen molar-refractivity contribution < 1.29 is 32.3 Å². The number of hydrogen-bond acceptors (Lipinski definition) is 5. The van der Waals surface area contributed by atoms with E-state index < -0.39 is 24.3 Å². The van der Waals surface area contributed by atoms with Gasteiger partial charge in [-0.15, -0.1) is 0 Å². The summed E-state index contributed by atoms with van der Waals surface area (Å²) in [6.45, 7) is -0.498. The van der Waals surface area contributed by atoms with Crippen LogP contribution >= 0.6 is 0 Å². The van der Waals surface area contributed by atoms with Crippen LogP contribution in [0.2, 0.25) is 0 Å². The van der Waals surface area contributed by atoms with E-state index in [4.69, 9.17) is 13.9 Å². The lowest BCUT2D eigenvalue weighted by atomic mass is 10.3. The molecule has 1 amide bonds. The molecule has 1 aromatic heterocycles. The van der Waals surface area contributed by atoms with Gasteiger partial charge in [0.05, 0.1) is 0 Å². The summed E-state index contributed by atoms with van der Waals surface area (Å²) in [5, 5.41) is 2.46. The van der Waals surface area contributed by atoms with Crippen molar-refractivity contribution in [2.24, 2.45) is 0 Å². The second-order valence-corrected chi connectivity index (χ2v) is 5.64. The highest BCUT2D eigenvalue weighted by molar-refractivity contribution is 5.94. The second kappa shape index (κ2) is 8.81. The van der Waals surface area contributed by atoms with E-state index in [0.717, 1.165) is 0 Å². The average molecular weight is 387 g/mol. The predicted octanol–water partition coefficient (Wildman–Crippen LogP) is 3.93. The highest BCUT2D eigenvalue weighted by Crippen LogP contribution is 2.16. The van der Waals surface area contributed by atoms with Gasteiger partial charge in [-0.25, -0.2) is 13.6 Å². The van der Waals surface area contributed by atoms with E-state index in [0.29, 0.717) is 17.2 Å². The van der Waals surface area contributed by atoms with E-state index in [9.17, 15) is 18.4 Å². The van der Waals surface area contributed by atoms with E-state index in [1.54, 1.807) is 0 Å². The van der Waals surface area contributed by atoms with Gasteiger partial charge in [-0.2, -0.15) is 0 Å². The first-order chi connectivity index (χ1) is 13.5. The molecule has 1 N–H and O–H groups in total. The van der Waals surface area contributed by atoms with E-state index in [-0.39, 0.29) is 18.2 Å². The SMILES string of the molecule is O=C(COC(=O)c1ccc(COc2ccc(F)cc2)o1)Nc1ccc(F)cc1. The van der Waals surface area contributed by atoms with Crippen molar-refractivity contribution >= 4 is 17.6 Å². The summed E-state index contributed by atoms with van der Waals surface area (Å²) in [6, 6.07) is 13.5. The van der Waals surface area contributed by atoms with Crippen LogP contribution in [0, 0.1) is 11.6 Å². The largest absolute Gasteiger partial charge is 0.486 e. The van der Waals surface area contributed by atoms with Gasteiger partial charge < -0.3 is 19.2 Å². The lowest BCUT2D eigenvalue weighted by molar-refractivity contribution is -0.119. The van der Waals surface area contributed by atoms with Crippen molar-refractivity contribution in [2.45, 2.75) is 6.61 Å². The highest BCUT2D eigenvalue weighted by atomic mass is 19.1. The number of benzene rings is 2. The maximum atomic E-state index is 12.8. The minimum absolute atomic E-state index is 0.0317. The average Bonchev–Trinajstić information content (AvgIpc) is 3.17. The first-order valence-electron chi connectivity index (χ1n) is 8.19. The van der Waals surface area contributed by atoms with Crippen molar-refractivity contribution in [3.63, 3.8) is 0 Å². The Hall–Kier alpha value is -3.68. The van der Waals surface area contributed by atoms with Gasteiger partial charge in [0.1, 0.15) is 29.8 Å². The Morgan fingerprint density at radius 2 is 1.54 bits per heavy atom. The summed E-state index contributed by atoms with van der Waals surface area (Å²) in [4.78, 5) is 23.7. The predicted molar refractivity (Wildman–Crippen MR) is 94.8 cm³/mol. The number of furan rings is 1. The fourth-order valence-electron chi connectivity index (χ4n) is 2.18. The second-order valence-electron chi connectivity index (χ2n) is 5.64. The first-order valence-corrected chi connectivity index (χ1v) is 8.19. The molecular weight excluding hydrogens is 372 g/mol. The number of amides is 1. The van der Waals surface area contributed by atoms with Crippen molar-refractivity contribution in [3.05, 3.63) is 83.8 Å². The Morgan fingerprint density at radius 1 is 0.893 bits per heavy atom. The molecule has 0 aliphatic carbocycles. The molecule has 144 valence electrons. The number of anilines is 1. The van der Waals surface area contributed by atoms with Crippen LogP contribution in [-0.4, -0.2) is 18.5 Å². The zero-order valence-corrected chi connectivity index (χ0v) is 14.5. The number of hydrogen-bond donors (Lipinski definition) is 1. The van der Waals surface area contributed by atoms with E-state index in [2.05, 4.69) is 5.32 Å². The van der Waals surface area contributed by atoms with Crippen LogP contribution in [0.4, 0.5) is 14.5 Å². The van der Waals surface area contributed by atoms with Crippen molar-refractivity contribution in [1.82, 2.24) is 0 Å². The van der Waals surface area contributed by atoms with Crippen LogP contribution < -0.4 is 10.1 Å². The first kappa shape index (κ1) is 19.1. The van der Waals surface area contributed by atoms with Crippen LogP contribution in [0.15, 0.2) is 65.1 Å². The number of halogens is 2. The monoisotopic (exact) mass is 387 g/mol. The van der Waals surface area contributed by atoms with Gasteiger partial charge in [0.25, 0.3) is 5.91 Å². The smallest absolute Gasteiger partial charge is 0.374 e. The van der Waals surface area contributed by atoms with Crippen LogP contribution in [0.1, 0.15) is 16.3 Å². The zero-order valence-electron chi connectivity index (χ0n) is 14.5. The molecule has 3 aromatic rings. The van der Waals surface area contributed by atoms with E-state index in [1.807, 2.05) is 0 Å². The van der Waals surface area contributed by atoms with E-state index >= 15 is 0 Å². The quantitative estimate of drug-likeness (QED) is 0.622. The number of esters is 1. The molecule has 0 atom stereocenters. The summed E-state index contributed by atoms with van der Waals surface area (Å²) in [7, 11) is 0. The molecule has 0 bridgehead atoms. The normalized spacial score (nSPS) is 10.4. The summed E-state index contributed by atoms with van der Waals surface area (Å²) in [6.07, 6.45) is 0. The molecule has 8 heteroatoms. The number of nitrogens with one attached hydrogen (secondary N) is 1. The molecule has 6 nitrogen and oxygen atoms in total. The van der Waals surface area contributed by atoms with Gasteiger partial charge in [0.15, 0.2) is 6.61 Å². The third-order valence-electron chi connectivity index (χ3n) is 3.52. The Kier molecular flexibility index (Phi) is 6.01. The molecule has 28 heavy (non-hydrogen) atoms. The molecule has 0 aliphatic rings. The van der Waals surface area contributed by atoms with Crippen LogP contribution in [0.3, 0.4) is 0 Å². The lowest BCUT2D eigenvalue weighted by Crippen LogP contribution is -2.20. The molecule has 1 heterocycles. The molecule has 0 fully saturated rings. The zero-order chi connectivity index (χ0) is 19.9. The van der Waals surface area contributed by atoms with Crippen LogP contribution in [0.25, 0.3) is 0 Å². The maximum Gasteiger partial charge on any atom is 0.374 e. The molecule has 3 rings (SSSR count). The van der Waals surface area contributed by atoms with Crippen molar-refractivity contribution in [3.8, 4) is 5.75 Å². The molecular formula is C20H15F2NO5.